The van der Waals surface area contributed by atoms with Crippen LogP contribution in [-0.4, -0.2) is 79.5 Å². The summed E-state index contributed by atoms with van der Waals surface area (Å²) in [5, 5.41) is 26.7. The molecular formula is C23H26N12O. The van der Waals surface area contributed by atoms with Crippen molar-refractivity contribution in [3.05, 3.63) is 41.9 Å². The molecule has 1 aromatic carbocycles. The molecular weight excluding hydrogens is 460 g/mol. The molecule has 1 saturated heterocycles. The third kappa shape index (κ3) is 3.64. The second-order valence-electron chi connectivity index (χ2n) is 8.94. The summed E-state index contributed by atoms with van der Waals surface area (Å²) < 4.78 is 1.64. The van der Waals surface area contributed by atoms with E-state index in [9.17, 15) is 4.79 Å². The Hall–Kier alpha value is -4.39. The second kappa shape index (κ2) is 8.68. The highest BCUT2D eigenvalue weighted by atomic mass is 16.1. The average Bonchev–Trinajstić information content (AvgIpc) is 3.56. The Labute approximate surface area is 206 Å². The summed E-state index contributed by atoms with van der Waals surface area (Å²) in [6.45, 7) is 7.44. The topological polar surface area (TPSA) is 146 Å². The highest BCUT2D eigenvalue weighted by Crippen LogP contribution is 2.33. The molecule has 2 aliphatic rings. The lowest BCUT2D eigenvalue weighted by molar-refractivity contribution is -0.113. The van der Waals surface area contributed by atoms with Gasteiger partial charge in [0, 0.05) is 56.1 Å². The van der Waals surface area contributed by atoms with Gasteiger partial charge in [-0.05, 0) is 42.5 Å². The zero-order chi connectivity index (χ0) is 24.8. The summed E-state index contributed by atoms with van der Waals surface area (Å²) in [5.74, 6) is 1.27. The Morgan fingerprint density at radius 3 is 2.83 bits per heavy atom. The van der Waals surface area contributed by atoms with Gasteiger partial charge in [-0.2, -0.15) is 5.10 Å². The molecule has 36 heavy (non-hydrogen) atoms. The van der Waals surface area contributed by atoms with Crippen molar-refractivity contribution < 1.29 is 4.79 Å². The van der Waals surface area contributed by atoms with Crippen molar-refractivity contribution in [1.29, 1.82) is 0 Å². The Bertz CT molecular complexity index is 1480. The van der Waals surface area contributed by atoms with Crippen LogP contribution in [0.4, 0.5) is 17.5 Å². The number of benzene rings is 1. The van der Waals surface area contributed by atoms with E-state index in [1.165, 1.54) is 0 Å². The predicted molar refractivity (Wildman–Crippen MR) is 134 cm³/mol. The Kier molecular flexibility index (Phi) is 5.33. The number of piperazine rings is 1. The molecule has 0 bridgehead atoms. The van der Waals surface area contributed by atoms with E-state index in [0.717, 1.165) is 54.3 Å². The number of nitrogens with zero attached hydrogens (tertiary/aromatic N) is 9. The molecule has 0 radical (unpaired) electrons. The Morgan fingerprint density at radius 2 is 2.00 bits per heavy atom. The molecule has 184 valence electrons. The maximum Gasteiger partial charge on any atom is 0.255 e. The van der Waals surface area contributed by atoms with Gasteiger partial charge in [0.1, 0.15) is 17.8 Å². The van der Waals surface area contributed by atoms with E-state index in [-0.39, 0.29) is 11.9 Å². The number of nitrogens with one attached hydrogen (secondary N) is 3. The number of rotatable bonds is 4. The number of carbonyl (C=O) groups is 1. The maximum atomic E-state index is 13.4. The normalized spacial score (nSPS) is 18.0. The van der Waals surface area contributed by atoms with E-state index >= 15 is 0 Å². The predicted octanol–water partition coefficient (Wildman–Crippen LogP) is 1.34. The van der Waals surface area contributed by atoms with Crippen LogP contribution in [0.15, 0.2) is 41.9 Å². The molecule has 6 rings (SSSR count). The van der Waals surface area contributed by atoms with Crippen LogP contribution in [0.2, 0.25) is 0 Å². The molecule has 0 aliphatic carbocycles. The molecule has 5 heterocycles. The van der Waals surface area contributed by atoms with Crippen molar-refractivity contribution in [2.45, 2.75) is 19.9 Å². The number of allylic oxidation sites excluding steroid dienone is 1. The number of H-pyrrole nitrogens is 1. The fourth-order valence-corrected chi connectivity index (χ4v) is 4.80. The van der Waals surface area contributed by atoms with Crippen LogP contribution < -0.4 is 20.4 Å². The minimum absolute atomic E-state index is 0.208. The van der Waals surface area contributed by atoms with Crippen molar-refractivity contribution >= 4 is 34.3 Å². The number of carbonyl (C=O) groups excluding carboxylic acids is 1. The quantitative estimate of drug-likeness (QED) is 0.386. The van der Waals surface area contributed by atoms with Crippen LogP contribution in [0, 0.1) is 0 Å². The van der Waals surface area contributed by atoms with Crippen LogP contribution in [0.3, 0.4) is 0 Å². The first-order valence-corrected chi connectivity index (χ1v) is 11.8. The number of amides is 1. The lowest BCUT2D eigenvalue weighted by atomic mass is 10.0. The van der Waals surface area contributed by atoms with Gasteiger partial charge in [0.25, 0.3) is 5.91 Å². The highest BCUT2D eigenvalue weighted by Gasteiger charge is 2.32. The largest absolute Gasteiger partial charge is 0.354 e. The van der Waals surface area contributed by atoms with Crippen molar-refractivity contribution in [1.82, 2.24) is 45.7 Å². The lowest BCUT2D eigenvalue weighted by Gasteiger charge is -2.30. The number of aromatic nitrogens is 8. The van der Waals surface area contributed by atoms with E-state index in [0.29, 0.717) is 22.9 Å². The van der Waals surface area contributed by atoms with E-state index in [4.69, 9.17) is 0 Å². The van der Waals surface area contributed by atoms with Gasteiger partial charge in [-0.25, -0.2) is 14.6 Å². The third-order valence-electron chi connectivity index (χ3n) is 6.85. The SMILES string of the molecule is CC1=C(C(=O)Nc2ccc3[nH]nc(-c4cc(N5CCNCC5)ncn4)c3c2)[C@H](C)n2nnnc2N1C. The number of hydrogen-bond acceptors (Lipinski definition) is 10. The second-order valence-corrected chi connectivity index (χ2v) is 8.94. The monoisotopic (exact) mass is 486 g/mol. The highest BCUT2D eigenvalue weighted by molar-refractivity contribution is 6.07. The Balaban J connectivity index is 1.30. The number of tetrazole rings is 1. The summed E-state index contributed by atoms with van der Waals surface area (Å²) >= 11 is 0. The number of hydrogen-bond donors (Lipinski definition) is 3. The first-order valence-electron chi connectivity index (χ1n) is 11.8. The van der Waals surface area contributed by atoms with Gasteiger partial charge in [0.05, 0.1) is 22.8 Å². The first kappa shape index (κ1) is 22.1. The van der Waals surface area contributed by atoms with Crippen LogP contribution in [-0.2, 0) is 4.79 Å². The first-order chi connectivity index (χ1) is 17.5. The third-order valence-corrected chi connectivity index (χ3v) is 6.85. The Morgan fingerprint density at radius 1 is 1.17 bits per heavy atom. The van der Waals surface area contributed by atoms with Crippen LogP contribution in [0.5, 0.6) is 0 Å². The zero-order valence-electron chi connectivity index (χ0n) is 20.2. The van der Waals surface area contributed by atoms with Crippen molar-refractivity contribution in [2.75, 3.05) is 48.3 Å². The molecule has 1 fully saturated rings. The number of fused-ring (bicyclic) bond motifs is 2. The zero-order valence-corrected chi connectivity index (χ0v) is 20.2. The van der Waals surface area contributed by atoms with Crippen molar-refractivity contribution in [3.8, 4) is 11.4 Å². The summed E-state index contributed by atoms with van der Waals surface area (Å²) in [5.41, 5.74) is 4.34. The van der Waals surface area contributed by atoms with Gasteiger partial charge >= 0.3 is 0 Å². The average molecular weight is 487 g/mol. The van der Waals surface area contributed by atoms with E-state index in [2.05, 4.69) is 51.2 Å². The number of anilines is 3. The molecule has 0 spiro atoms. The fraction of sp³-hybridized carbons (Fsp3) is 0.348. The molecule has 0 saturated carbocycles. The smallest absolute Gasteiger partial charge is 0.255 e. The molecule has 13 heteroatoms. The fourth-order valence-electron chi connectivity index (χ4n) is 4.80. The van der Waals surface area contributed by atoms with Gasteiger partial charge in [-0.15, -0.1) is 0 Å². The standard InChI is InChI=1S/C23H26N12O/c1-13-20(14(2)35-23(33(13)3)30-31-32-35)22(36)27-15-4-5-17-16(10-15)21(29-28-17)18-11-19(26-12-25-18)34-8-6-24-7-9-34/h4-5,10-12,14,24H,6-9H2,1-3H3,(H,27,36)(H,28,29)/t14-/m0/s1. The maximum absolute atomic E-state index is 13.4. The van der Waals surface area contributed by atoms with Crippen LogP contribution in [0.1, 0.15) is 19.9 Å². The minimum Gasteiger partial charge on any atom is -0.354 e. The van der Waals surface area contributed by atoms with Crippen molar-refractivity contribution in [2.24, 2.45) is 0 Å². The van der Waals surface area contributed by atoms with Gasteiger partial charge in [-0.3, -0.25) is 9.89 Å². The summed E-state index contributed by atoms with van der Waals surface area (Å²) in [4.78, 5) is 26.4. The number of aromatic amines is 1. The molecule has 0 unspecified atom stereocenters. The molecule has 1 atom stereocenters. The van der Waals surface area contributed by atoms with Crippen LogP contribution in [0.25, 0.3) is 22.3 Å². The van der Waals surface area contributed by atoms with E-state index in [1.807, 2.05) is 50.1 Å². The van der Waals surface area contributed by atoms with Crippen molar-refractivity contribution in [3.63, 3.8) is 0 Å². The van der Waals surface area contributed by atoms with Crippen LogP contribution >= 0.6 is 0 Å². The van der Waals surface area contributed by atoms with Gasteiger partial charge in [-0.1, -0.05) is 5.10 Å². The van der Waals surface area contributed by atoms with Gasteiger partial charge in [0.2, 0.25) is 5.95 Å². The molecule has 2 aliphatic heterocycles. The molecule has 1 amide bonds. The minimum atomic E-state index is -0.302. The van der Waals surface area contributed by atoms with Gasteiger partial charge in [0.15, 0.2) is 0 Å². The van der Waals surface area contributed by atoms with E-state index in [1.54, 1.807) is 11.0 Å². The lowest BCUT2D eigenvalue weighted by Crippen LogP contribution is -2.43. The molecule has 13 nitrogen and oxygen atoms in total. The summed E-state index contributed by atoms with van der Waals surface area (Å²) in [6.07, 6.45) is 1.57. The van der Waals surface area contributed by atoms with E-state index < -0.39 is 0 Å². The molecule has 4 aromatic rings. The molecule has 3 aromatic heterocycles. The van der Waals surface area contributed by atoms with Gasteiger partial charge < -0.3 is 20.4 Å². The summed E-state index contributed by atoms with van der Waals surface area (Å²) in [7, 11) is 1.84. The summed E-state index contributed by atoms with van der Waals surface area (Å²) in [6, 6.07) is 7.32. The molecule has 3 N–H and O–H groups in total.